The van der Waals surface area contributed by atoms with Crippen LogP contribution in [0, 0.1) is 0 Å². The Bertz CT molecular complexity index is 907. The van der Waals surface area contributed by atoms with E-state index in [9.17, 15) is 4.79 Å². The van der Waals surface area contributed by atoms with Gasteiger partial charge in [0, 0.05) is 33.8 Å². The van der Waals surface area contributed by atoms with E-state index in [1.165, 1.54) is 11.3 Å². The molecule has 1 amide bonds. The second-order valence-electron chi connectivity index (χ2n) is 5.25. The fourth-order valence-electron chi connectivity index (χ4n) is 2.24. The first-order valence-electron chi connectivity index (χ1n) is 7.63. The van der Waals surface area contributed by atoms with Crippen LogP contribution >= 0.6 is 22.9 Å². The molecule has 3 aromatic rings. The second-order valence-corrected chi connectivity index (χ2v) is 6.55. The number of nitrogens with zero attached hydrogens (tertiary/aromatic N) is 1. The Hall–Kier alpha value is -2.63. The summed E-state index contributed by atoms with van der Waals surface area (Å²) >= 11 is 7.47. The molecule has 0 atom stereocenters. The summed E-state index contributed by atoms with van der Waals surface area (Å²) in [5.41, 5.74) is 3.01. The fraction of sp³-hybridized carbons (Fsp3) is 0.0526. The Kier molecular flexibility index (Phi) is 5.48. The van der Waals surface area contributed by atoms with Gasteiger partial charge in [-0.15, -0.1) is 17.9 Å². The molecule has 6 heteroatoms. The molecule has 126 valence electrons. The zero-order valence-corrected chi connectivity index (χ0v) is 14.9. The van der Waals surface area contributed by atoms with Crippen LogP contribution in [0.5, 0.6) is 0 Å². The molecule has 0 aliphatic heterocycles. The van der Waals surface area contributed by atoms with E-state index in [2.05, 4.69) is 22.2 Å². The highest BCUT2D eigenvalue weighted by Gasteiger charge is 2.09. The predicted octanol–water partition coefficient (Wildman–Crippen LogP) is 5.31. The van der Waals surface area contributed by atoms with Gasteiger partial charge in [0.1, 0.15) is 0 Å². The average Bonchev–Trinajstić information content (AvgIpc) is 3.09. The lowest BCUT2D eigenvalue weighted by atomic mass is 10.1. The highest BCUT2D eigenvalue weighted by Crippen LogP contribution is 2.27. The van der Waals surface area contributed by atoms with Crippen LogP contribution in [-0.2, 0) is 0 Å². The van der Waals surface area contributed by atoms with Gasteiger partial charge in [0.15, 0.2) is 5.13 Å². The molecular formula is C19H16ClN3OS. The normalized spacial score (nSPS) is 10.3. The molecule has 1 heterocycles. The van der Waals surface area contributed by atoms with Crippen molar-refractivity contribution in [3.8, 4) is 11.3 Å². The minimum atomic E-state index is -0.203. The van der Waals surface area contributed by atoms with Gasteiger partial charge in [0.25, 0.3) is 5.91 Å². The third-order valence-corrected chi connectivity index (χ3v) is 4.44. The SMILES string of the molecule is C=CCNc1nc(-c2cccc(NC(=O)c3cccc(Cl)c3)c2)cs1. The first-order valence-corrected chi connectivity index (χ1v) is 8.89. The monoisotopic (exact) mass is 369 g/mol. The van der Waals surface area contributed by atoms with E-state index in [1.54, 1.807) is 30.3 Å². The van der Waals surface area contributed by atoms with Gasteiger partial charge in [-0.25, -0.2) is 4.98 Å². The highest BCUT2D eigenvalue weighted by molar-refractivity contribution is 7.14. The molecule has 1 aromatic heterocycles. The van der Waals surface area contributed by atoms with Crippen molar-refractivity contribution in [2.24, 2.45) is 0 Å². The third-order valence-electron chi connectivity index (χ3n) is 3.40. The number of hydrogen-bond donors (Lipinski definition) is 2. The third kappa shape index (κ3) is 4.47. The molecule has 0 radical (unpaired) electrons. The lowest BCUT2D eigenvalue weighted by Crippen LogP contribution is -2.11. The molecule has 0 saturated carbocycles. The Morgan fingerprint density at radius 2 is 2.08 bits per heavy atom. The Labute approximate surface area is 155 Å². The van der Waals surface area contributed by atoms with Gasteiger partial charge in [-0.2, -0.15) is 0 Å². The Morgan fingerprint density at radius 3 is 2.88 bits per heavy atom. The number of amides is 1. The standard InChI is InChI=1S/C19H16ClN3OS/c1-2-9-21-19-23-17(12-25-19)13-5-4-8-16(11-13)22-18(24)14-6-3-7-15(20)10-14/h2-8,10-12H,1,9H2,(H,21,23)(H,22,24). The maximum absolute atomic E-state index is 12.3. The molecule has 0 unspecified atom stereocenters. The zero-order chi connectivity index (χ0) is 17.6. The van der Waals surface area contributed by atoms with Crippen molar-refractivity contribution in [3.05, 3.63) is 77.2 Å². The van der Waals surface area contributed by atoms with Gasteiger partial charge in [0.05, 0.1) is 5.69 Å². The molecule has 0 fully saturated rings. The van der Waals surface area contributed by atoms with Crippen LogP contribution in [0.4, 0.5) is 10.8 Å². The number of rotatable bonds is 6. The van der Waals surface area contributed by atoms with Crippen LogP contribution in [-0.4, -0.2) is 17.4 Å². The summed E-state index contributed by atoms with van der Waals surface area (Å²) in [6.07, 6.45) is 1.78. The van der Waals surface area contributed by atoms with Crippen molar-refractivity contribution in [3.63, 3.8) is 0 Å². The molecule has 0 bridgehead atoms. The summed E-state index contributed by atoms with van der Waals surface area (Å²) in [6, 6.07) is 14.4. The molecule has 0 aliphatic rings. The van der Waals surface area contributed by atoms with Crippen molar-refractivity contribution >= 4 is 39.7 Å². The summed E-state index contributed by atoms with van der Waals surface area (Å²) in [6.45, 7) is 4.35. The quantitative estimate of drug-likeness (QED) is 0.578. The maximum Gasteiger partial charge on any atom is 0.255 e. The van der Waals surface area contributed by atoms with E-state index in [1.807, 2.05) is 29.6 Å². The van der Waals surface area contributed by atoms with Gasteiger partial charge < -0.3 is 10.6 Å². The number of benzene rings is 2. The van der Waals surface area contributed by atoms with E-state index < -0.39 is 0 Å². The highest BCUT2D eigenvalue weighted by atomic mass is 35.5. The summed E-state index contributed by atoms with van der Waals surface area (Å²) in [5, 5.41) is 9.39. The molecule has 2 N–H and O–H groups in total. The van der Waals surface area contributed by atoms with E-state index >= 15 is 0 Å². The zero-order valence-electron chi connectivity index (χ0n) is 13.3. The molecule has 2 aromatic carbocycles. The summed E-state index contributed by atoms with van der Waals surface area (Å²) in [4.78, 5) is 16.9. The lowest BCUT2D eigenvalue weighted by Gasteiger charge is -2.07. The van der Waals surface area contributed by atoms with Crippen molar-refractivity contribution in [2.75, 3.05) is 17.2 Å². The lowest BCUT2D eigenvalue weighted by molar-refractivity contribution is 0.102. The Balaban J connectivity index is 1.76. The molecule has 0 saturated heterocycles. The fourth-order valence-corrected chi connectivity index (χ4v) is 3.16. The van der Waals surface area contributed by atoms with Crippen molar-refractivity contribution < 1.29 is 4.79 Å². The number of aromatic nitrogens is 1. The van der Waals surface area contributed by atoms with Crippen molar-refractivity contribution in [2.45, 2.75) is 0 Å². The number of hydrogen-bond acceptors (Lipinski definition) is 4. The van der Waals surface area contributed by atoms with Crippen LogP contribution in [0.25, 0.3) is 11.3 Å². The molecule has 3 rings (SSSR count). The maximum atomic E-state index is 12.3. The van der Waals surface area contributed by atoms with Crippen LogP contribution in [0.3, 0.4) is 0 Å². The summed E-state index contributed by atoms with van der Waals surface area (Å²) < 4.78 is 0. The summed E-state index contributed by atoms with van der Waals surface area (Å²) in [5.74, 6) is -0.203. The number of carbonyl (C=O) groups is 1. The number of carbonyl (C=O) groups excluding carboxylic acids is 1. The van der Waals surface area contributed by atoms with Gasteiger partial charge >= 0.3 is 0 Å². The first-order chi connectivity index (χ1) is 12.2. The number of anilines is 2. The van der Waals surface area contributed by atoms with Gasteiger partial charge in [-0.3, -0.25) is 4.79 Å². The first kappa shape index (κ1) is 17.2. The molecular weight excluding hydrogens is 354 g/mol. The van der Waals surface area contributed by atoms with E-state index in [0.29, 0.717) is 22.8 Å². The number of halogens is 1. The molecule has 4 nitrogen and oxygen atoms in total. The topological polar surface area (TPSA) is 54.0 Å². The second kappa shape index (κ2) is 7.96. The van der Waals surface area contributed by atoms with Crippen LogP contribution in [0.2, 0.25) is 5.02 Å². The number of nitrogens with one attached hydrogen (secondary N) is 2. The number of thiazole rings is 1. The van der Waals surface area contributed by atoms with Crippen LogP contribution in [0.15, 0.2) is 66.6 Å². The largest absolute Gasteiger partial charge is 0.358 e. The Morgan fingerprint density at radius 1 is 1.24 bits per heavy atom. The van der Waals surface area contributed by atoms with Crippen LogP contribution in [0.1, 0.15) is 10.4 Å². The molecule has 0 aliphatic carbocycles. The van der Waals surface area contributed by atoms with Crippen LogP contribution < -0.4 is 10.6 Å². The van der Waals surface area contributed by atoms with Gasteiger partial charge in [0.2, 0.25) is 0 Å². The van der Waals surface area contributed by atoms with Crippen molar-refractivity contribution in [1.82, 2.24) is 4.98 Å². The van der Waals surface area contributed by atoms with E-state index in [0.717, 1.165) is 16.4 Å². The van der Waals surface area contributed by atoms with Gasteiger partial charge in [-0.05, 0) is 30.3 Å². The average molecular weight is 370 g/mol. The van der Waals surface area contributed by atoms with E-state index in [4.69, 9.17) is 11.6 Å². The van der Waals surface area contributed by atoms with Crippen molar-refractivity contribution in [1.29, 1.82) is 0 Å². The minimum absolute atomic E-state index is 0.203. The smallest absolute Gasteiger partial charge is 0.255 e. The van der Waals surface area contributed by atoms with Gasteiger partial charge in [-0.1, -0.05) is 35.9 Å². The summed E-state index contributed by atoms with van der Waals surface area (Å²) in [7, 11) is 0. The predicted molar refractivity (Wildman–Crippen MR) is 106 cm³/mol. The molecule has 0 spiro atoms. The molecule has 25 heavy (non-hydrogen) atoms. The van der Waals surface area contributed by atoms with E-state index in [-0.39, 0.29) is 5.91 Å². The minimum Gasteiger partial charge on any atom is -0.358 e.